The first-order chi connectivity index (χ1) is 11.9. The number of nitrogens with zero attached hydrogens (tertiary/aromatic N) is 1. The summed E-state index contributed by atoms with van der Waals surface area (Å²) in [5.41, 5.74) is -0.636. The van der Waals surface area contributed by atoms with Crippen molar-refractivity contribution in [2.24, 2.45) is 0 Å². The van der Waals surface area contributed by atoms with Crippen LogP contribution in [-0.2, 0) is 11.2 Å². The van der Waals surface area contributed by atoms with Gasteiger partial charge in [0.15, 0.2) is 0 Å². The number of alkyl halides is 2. The second kappa shape index (κ2) is 8.02. The normalized spacial score (nSPS) is 10.8. The summed E-state index contributed by atoms with van der Waals surface area (Å²) in [5.74, 6) is -0.548. The highest BCUT2D eigenvalue weighted by molar-refractivity contribution is 7.16. The van der Waals surface area contributed by atoms with Gasteiger partial charge in [-0.1, -0.05) is 13.0 Å². The lowest BCUT2D eigenvalue weighted by Crippen LogP contribution is -2.06. The summed E-state index contributed by atoms with van der Waals surface area (Å²) in [4.78, 5) is 23.4. The molecule has 0 radical (unpaired) electrons. The van der Waals surface area contributed by atoms with Gasteiger partial charge in [0.1, 0.15) is 10.7 Å². The van der Waals surface area contributed by atoms with Gasteiger partial charge >= 0.3 is 5.97 Å². The molecule has 0 unspecified atom stereocenters. The molecule has 2 rings (SSSR count). The molecule has 0 saturated carbocycles. The molecule has 25 heavy (non-hydrogen) atoms. The second-order valence-electron chi connectivity index (χ2n) is 4.99. The van der Waals surface area contributed by atoms with E-state index in [4.69, 9.17) is 4.74 Å². The molecule has 0 saturated heterocycles. The van der Waals surface area contributed by atoms with Crippen molar-refractivity contribution in [1.82, 2.24) is 0 Å². The summed E-state index contributed by atoms with van der Waals surface area (Å²) >= 11 is 1.26. The summed E-state index contributed by atoms with van der Waals surface area (Å²) in [5, 5.41) is 14.4. The van der Waals surface area contributed by atoms with Crippen molar-refractivity contribution in [2.45, 2.75) is 26.7 Å². The number of carbonyl (C=O) groups excluding carboxylic acids is 1. The molecule has 0 aliphatic heterocycles. The fourth-order valence-corrected chi connectivity index (χ4v) is 3.13. The Morgan fingerprint density at radius 2 is 2.08 bits per heavy atom. The van der Waals surface area contributed by atoms with Gasteiger partial charge in [-0.3, -0.25) is 10.1 Å². The number of thiophene rings is 1. The van der Waals surface area contributed by atoms with Gasteiger partial charge < -0.3 is 10.1 Å². The average Bonchev–Trinajstić information content (AvgIpc) is 2.98. The predicted molar refractivity (Wildman–Crippen MR) is 91.0 cm³/mol. The molecule has 0 bridgehead atoms. The number of benzene rings is 1. The molecule has 0 spiro atoms. The Morgan fingerprint density at radius 1 is 1.36 bits per heavy atom. The number of halogens is 2. The largest absolute Gasteiger partial charge is 0.462 e. The van der Waals surface area contributed by atoms with Crippen LogP contribution in [0.15, 0.2) is 24.3 Å². The summed E-state index contributed by atoms with van der Waals surface area (Å²) in [6.45, 7) is 3.77. The molecule has 0 aliphatic carbocycles. The van der Waals surface area contributed by atoms with Crippen LogP contribution in [0.4, 0.5) is 25.2 Å². The van der Waals surface area contributed by atoms with E-state index in [2.05, 4.69) is 5.32 Å². The number of hydrogen-bond donors (Lipinski definition) is 1. The fourth-order valence-electron chi connectivity index (χ4n) is 2.13. The van der Waals surface area contributed by atoms with Crippen molar-refractivity contribution in [3.8, 4) is 0 Å². The maximum atomic E-state index is 12.8. The standard InChI is InChI=1S/C16H16F2N2O4S/c1-3-10-8-11(16(21)24-4-2)15(25-10)19-12-6-5-9(14(17)18)7-13(12)20(22)23/h5-8,14,19H,3-4H2,1-2H3. The van der Waals surface area contributed by atoms with Gasteiger partial charge in [0.2, 0.25) is 0 Å². The zero-order chi connectivity index (χ0) is 18.6. The van der Waals surface area contributed by atoms with E-state index in [9.17, 15) is 23.7 Å². The number of nitro groups is 1. The summed E-state index contributed by atoms with van der Waals surface area (Å²) in [7, 11) is 0. The Kier molecular flexibility index (Phi) is 6.02. The molecule has 0 aliphatic rings. The highest BCUT2D eigenvalue weighted by Crippen LogP contribution is 2.36. The van der Waals surface area contributed by atoms with Gasteiger partial charge in [-0.25, -0.2) is 13.6 Å². The molecular weight excluding hydrogens is 354 g/mol. The molecule has 2 aromatic rings. The van der Waals surface area contributed by atoms with Crippen molar-refractivity contribution in [2.75, 3.05) is 11.9 Å². The van der Waals surface area contributed by atoms with E-state index in [1.165, 1.54) is 17.4 Å². The number of nitrogens with one attached hydrogen (secondary N) is 1. The Morgan fingerprint density at radius 3 is 2.64 bits per heavy atom. The van der Waals surface area contributed by atoms with Gasteiger partial charge in [-0.15, -0.1) is 11.3 Å². The second-order valence-corrected chi connectivity index (χ2v) is 6.13. The Hall–Kier alpha value is -2.55. The maximum Gasteiger partial charge on any atom is 0.341 e. The molecular formula is C16H16F2N2O4S. The molecule has 0 fully saturated rings. The third-order valence-corrected chi connectivity index (χ3v) is 4.54. The van der Waals surface area contributed by atoms with Gasteiger partial charge in [-0.2, -0.15) is 0 Å². The number of anilines is 2. The summed E-state index contributed by atoms with van der Waals surface area (Å²) in [6, 6.07) is 4.80. The van der Waals surface area contributed by atoms with Crippen LogP contribution in [0, 0.1) is 10.1 Å². The Balaban J connectivity index is 2.44. The number of ether oxygens (including phenoxy) is 1. The van der Waals surface area contributed by atoms with Crippen LogP contribution in [0.25, 0.3) is 0 Å². The van der Waals surface area contributed by atoms with Crippen LogP contribution in [0.1, 0.15) is 41.1 Å². The molecule has 0 amide bonds. The lowest BCUT2D eigenvalue weighted by Gasteiger charge is -2.09. The topological polar surface area (TPSA) is 81.5 Å². The Labute approximate surface area is 146 Å². The van der Waals surface area contributed by atoms with Crippen LogP contribution in [0.5, 0.6) is 0 Å². The van der Waals surface area contributed by atoms with Crippen LogP contribution in [0.3, 0.4) is 0 Å². The van der Waals surface area contributed by atoms with Gasteiger partial charge in [0, 0.05) is 16.5 Å². The molecule has 1 heterocycles. The van der Waals surface area contributed by atoms with Crippen LogP contribution in [0.2, 0.25) is 0 Å². The number of carbonyl (C=O) groups is 1. The molecule has 134 valence electrons. The lowest BCUT2D eigenvalue weighted by molar-refractivity contribution is -0.384. The highest BCUT2D eigenvalue weighted by atomic mass is 32.1. The minimum atomic E-state index is -2.81. The van der Waals surface area contributed by atoms with E-state index in [0.717, 1.165) is 17.0 Å². The van der Waals surface area contributed by atoms with Crippen molar-refractivity contribution in [3.63, 3.8) is 0 Å². The molecule has 1 aromatic carbocycles. The van der Waals surface area contributed by atoms with Crippen LogP contribution in [-0.4, -0.2) is 17.5 Å². The van der Waals surface area contributed by atoms with Gasteiger partial charge in [0.05, 0.1) is 17.1 Å². The zero-order valence-corrected chi connectivity index (χ0v) is 14.4. The third-order valence-electron chi connectivity index (χ3n) is 3.35. The predicted octanol–water partition coefficient (Wildman–Crippen LogP) is 5.08. The van der Waals surface area contributed by atoms with Gasteiger partial charge in [0.25, 0.3) is 12.1 Å². The van der Waals surface area contributed by atoms with E-state index in [1.807, 2.05) is 6.92 Å². The average molecular weight is 370 g/mol. The van der Waals surface area contributed by atoms with E-state index < -0.39 is 28.6 Å². The molecule has 1 N–H and O–H groups in total. The number of aryl methyl sites for hydroxylation is 1. The van der Waals surface area contributed by atoms with Crippen molar-refractivity contribution < 1.29 is 23.2 Å². The monoisotopic (exact) mass is 370 g/mol. The fraction of sp³-hybridized carbons (Fsp3) is 0.312. The first-order valence-corrected chi connectivity index (χ1v) is 8.32. The minimum absolute atomic E-state index is 0.0319. The van der Waals surface area contributed by atoms with E-state index >= 15 is 0 Å². The maximum absolute atomic E-state index is 12.8. The van der Waals surface area contributed by atoms with E-state index in [0.29, 0.717) is 11.4 Å². The van der Waals surface area contributed by atoms with E-state index in [-0.39, 0.29) is 17.9 Å². The first kappa shape index (κ1) is 18.8. The molecule has 1 aromatic heterocycles. The number of esters is 1. The lowest BCUT2D eigenvalue weighted by atomic mass is 10.1. The van der Waals surface area contributed by atoms with Crippen molar-refractivity contribution >= 4 is 33.7 Å². The number of nitro benzene ring substituents is 1. The number of hydrogen-bond acceptors (Lipinski definition) is 6. The minimum Gasteiger partial charge on any atom is -0.462 e. The summed E-state index contributed by atoms with van der Waals surface area (Å²) in [6.07, 6.45) is -2.14. The third kappa shape index (κ3) is 4.30. The van der Waals surface area contributed by atoms with Crippen molar-refractivity contribution in [1.29, 1.82) is 0 Å². The quantitative estimate of drug-likeness (QED) is 0.418. The molecule has 6 nitrogen and oxygen atoms in total. The Bertz CT molecular complexity index is 792. The highest BCUT2D eigenvalue weighted by Gasteiger charge is 2.22. The molecule has 9 heteroatoms. The molecule has 0 atom stereocenters. The number of rotatable bonds is 7. The smallest absolute Gasteiger partial charge is 0.341 e. The SMILES string of the molecule is CCOC(=O)c1cc(CC)sc1Nc1ccc(C(F)F)cc1[N+](=O)[O-]. The first-order valence-electron chi connectivity index (χ1n) is 7.50. The van der Waals surface area contributed by atoms with E-state index in [1.54, 1.807) is 13.0 Å². The van der Waals surface area contributed by atoms with Crippen LogP contribution < -0.4 is 5.32 Å². The van der Waals surface area contributed by atoms with Gasteiger partial charge in [-0.05, 0) is 25.5 Å². The van der Waals surface area contributed by atoms with Crippen molar-refractivity contribution in [3.05, 3.63) is 50.4 Å². The summed E-state index contributed by atoms with van der Waals surface area (Å²) < 4.78 is 30.5. The zero-order valence-electron chi connectivity index (χ0n) is 13.5. The van der Waals surface area contributed by atoms with Crippen LogP contribution >= 0.6 is 11.3 Å².